The van der Waals surface area contributed by atoms with E-state index in [-0.39, 0.29) is 0 Å². The molecular formula is C8H14O2. The lowest BCUT2D eigenvalue weighted by Gasteiger charge is -1.85. The molecular weight excluding hydrogens is 128 g/mol. The first kappa shape index (κ1) is 9.40. The molecule has 2 nitrogen and oxygen atoms in total. The first-order valence-electron chi connectivity index (χ1n) is 3.21. The van der Waals surface area contributed by atoms with Crippen LogP contribution in [0.5, 0.6) is 0 Å². The van der Waals surface area contributed by atoms with Crippen LogP contribution in [-0.2, 0) is 9.47 Å². The van der Waals surface area contributed by atoms with E-state index in [4.69, 9.17) is 9.47 Å². The third-order valence-electron chi connectivity index (χ3n) is 0.909. The third-order valence-corrected chi connectivity index (χ3v) is 0.909. The Morgan fingerprint density at radius 1 is 0.900 bits per heavy atom. The summed E-state index contributed by atoms with van der Waals surface area (Å²) in [4.78, 5) is 0. The molecule has 0 saturated carbocycles. The first-order chi connectivity index (χ1) is 4.91. The fraction of sp³-hybridized carbons (Fsp3) is 0.500. The van der Waals surface area contributed by atoms with E-state index in [9.17, 15) is 0 Å². The minimum absolute atomic E-state index is 0.664. The molecule has 0 bridgehead atoms. The Hall–Kier alpha value is -0.600. The summed E-state index contributed by atoms with van der Waals surface area (Å²) < 4.78 is 9.59. The molecule has 0 rings (SSSR count). The maximum atomic E-state index is 4.80. The molecule has 58 valence electrons. The summed E-state index contributed by atoms with van der Waals surface area (Å²) in [6.45, 7) is 1.33. The number of hydrogen-bond acceptors (Lipinski definition) is 2. The predicted octanol–water partition coefficient (Wildman–Crippen LogP) is 1.39. The normalized spacial score (nSPS) is 11.8. The van der Waals surface area contributed by atoms with Crippen molar-refractivity contribution in [2.75, 3.05) is 27.4 Å². The zero-order valence-corrected chi connectivity index (χ0v) is 6.54. The minimum atomic E-state index is 0.664. The van der Waals surface area contributed by atoms with Gasteiger partial charge in [0.1, 0.15) is 0 Å². The second-order valence-electron chi connectivity index (χ2n) is 1.77. The molecule has 0 fully saturated rings. The molecule has 0 aliphatic rings. The van der Waals surface area contributed by atoms with Gasteiger partial charge in [0.15, 0.2) is 0 Å². The lowest BCUT2D eigenvalue weighted by atomic mass is 10.4. The first-order valence-corrected chi connectivity index (χ1v) is 3.21. The lowest BCUT2D eigenvalue weighted by Crippen LogP contribution is -1.80. The topological polar surface area (TPSA) is 18.5 Å². The summed E-state index contributed by atoms with van der Waals surface area (Å²) in [5.74, 6) is 0. The second kappa shape index (κ2) is 8.40. The van der Waals surface area contributed by atoms with Crippen LogP contribution in [0.4, 0.5) is 0 Å². The Morgan fingerprint density at radius 2 is 1.30 bits per heavy atom. The van der Waals surface area contributed by atoms with Crippen LogP contribution < -0.4 is 0 Å². The van der Waals surface area contributed by atoms with E-state index in [0.29, 0.717) is 13.2 Å². The third kappa shape index (κ3) is 7.40. The van der Waals surface area contributed by atoms with E-state index < -0.39 is 0 Å². The maximum Gasteiger partial charge on any atom is 0.0646 e. The maximum absolute atomic E-state index is 4.80. The van der Waals surface area contributed by atoms with Crippen molar-refractivity contribution in [2.45, 2.75) is 0 Å². The van der Waals surface area contributed by atoms with Gasteiger partial charge in [-0.15, -0.1) is 0 Å². The van der Waals surface area contributed by atoms with Gasteiger partial charge < -0.3 is 9.47 Å². The highest BCUT2D eigenvalue weighted by Gasteiger charge is 1.69. The van der Waals surface area contributed by atoms with Crippen molar-refractivity contribution in [3.8, 4) is 0 Å². The highest BCUT2D eigenvalue weighted by molar-refractivity contribution is 5.02. The summed E-state index contributed by atoms with van der Waals surface area (Å²) in [6, 6.07) is 0. The highest BCUT2D eigenvalue weighted by Crippen LogP contribution is 1.78. The predicted molar refractivity (Wildman–Crippen MR) is 42.0 cm³/mol. The Balaban J connectivity index is 3.15. The SMILES string of the molecule is COC/C=C/C=C/COC. The van der Waals surface area contributed by atoms with Gasteiger partial charge in [0.2, 0.25) is 0 Å². The largest absolute Gasteiger partial charge is 0.381 e. The number of methoxy groups -OCH3 is 2. The Morgan fingerprint density at radius 3 is 1.60 bits per heavy atom. The zero-order valence-electron chi connectivity index (χ0n) is 6.54. The highest BCUT2D eigenvalue weighted by atomic mass is 16.5. The minimum Gasteiger partial charge on any atom is -0.381 e. The monoisotopic (exact) mass is 142 g/mol. The number of hydrogen-bond donors (Lipinski definition) is 0. The van der Waals surface area contributed by atoms with Crippen LogP contribution >= 0.6 is 0 Å². The average Bonchev–Trinajstić information content (AvgIpc) is 1.97. The lowest BCUT2D eigenvalue weighted by molar-refractivity contribution is 0.233. The van der Waals surface area contributed by atoms with E-state index in [1.165, 1.54) is 0 Å². The Bertz CT molecular complexity index is 91.8. The molecule has 0 radical (unpaired) electrons. The molecule has 0 heterocycles. The van der Waals surface area contributed by atoms with Gasteiger partial charge in [-0.2, -0.15) is 0 Å². The standard InChI is InChI=1S/C8H14O2/c1-9-7-5-3-4-6-8-10-2/h3-6H,7-8H2,1-2H3/b5-3+,6-4+. The van der Waals surface area contributed by atoms with E-state index in [0.717, 1.165) is 0 Å². The van der Waals surface area contributed by atoms with Gasteiger partial charge in [-0.25, -0.2) is 0 Å². The van der Waals surface area contributed by atoms with Crippen LogP contribution in [0.2, 0.25) is 0 Å². The smallest absolute Gasteiger partial charge is 0.0646 e. The van der Waals surface area contributed by atoms with E-state index in [1.54, 1.807) is 14.2 Å². The van der Waals surface area contributed by atoms with Crippen molar-refractivity contribution in [3.05, 3.63) is 24.3 Å². The Kier molecular flexibility index (Phi) is 7.90. The van der Waals surface area contributed by atoms with Crippen molar-refractivity contribution in [1.29, 1.82) is 0 Å². The van der Waals surface area contributed by atoms with Gasteiger partial charge in [-0.1, -0.05) is 24.3 Å². The molecule has 0 saturated heterocycles. The summed E-state index contributed by atoms with van der Waals surface area (Å²) in [5.41, 5.74) is 0. The van der Waals surface area contributed by atoms with Crippen molar-refractivity contribution in [1.82, 2.24) is 0 Å². The molecule has 0 amide bonds. The van der Waals surface area contributed by atoms with Crippen molar-refractivity contribution >= 4 is 0 Å². The molecule has 0 atom stereocenters. The van der Waals surface area contributed by atoms with Gasteiger partial charge in [-0.3, -0.25) is 0 Å². The van der Waals surface area contributed by atoms with Gasteiger partial charge in [0.25, 0.3) is 0 Å². The molecule has 10 heavy (non-hydrogen) atoms. The molecule has 0 N–H and O–H groups in total. The Labute approximate surface area is 62.1 Å². The van der Waals surface area contributed by atoms with Gasteiger partial charge >= 0.3 is 0 Å². The van der Waals surface area contributed by atoms with Crippen LogP contribution in [0.1, 0.15) is 0 Å². The van der Waals surface area contributed by atoms with Gasteiger partial charge in [-0.05, 0) is 0 Å². The molecule has 0 aromatic carbocycles. The molecule has 0 spiro atoms. The van der Waals surface area contributed by atoms with Crippen LogP contribution in [0.25, 0.3) is 0 Å². The number of allylic oxidation sites excluding steroid dienone is 2. The average molecular weight is 142 g/mol. The van der Waals surface area contributed by atoms with Crippen LogP contribution in [-0.4, -0.2) is 27.4 Å². The van der Waals surface area contributed by atoms with Crippen LogP contribution in [0.3, 0.4) is 0 Å². The van der Waals surface area contributed by atoms with Crippen molar-refractivity contribution in [2.24, 2.45) is 0 Å². The number of rotatable bonds is 5. The molecule has 0 unspecified atom stereocenters. The van der Waals surface area contributed by atoms with Crippen molar-refractivity contribution < 1.29 is 9.47 Å². The van der Waals surface area contributed by atoms with Crippen molar-refractivity contribution in [3.63, 3.8) is 0 Å². The van der Waals surface area contributed by atoms with E-state index in [1.807, 2.05) is 24.3 Å². The summed E-state index contributed by atoms with van der Waals surface area (Å²) >= 11 is 0. The van der Waals surface area contributed by atoms with E-state index >= 15 is 0 Å². The quantitative estimate of drug-likeness (QED) is 0.540. The van der Waals surface area contributed by atoms with Gasteiger partial charge in [0.05, 0.1) is 13.2 Å². The molecule has 2 heteroatoms. The summed E-state index contributed by atoms with van der Waals surface area (Å²) in [6.07, 6.45) is 7.74. The number of ether oxygens (including phenoxy) is 2. The fourth-order valence-electron chi connectivity index (χ4n) is 0.461. The van der Waals surface area contributed by atoms with Gasteiger partial charge in [0, 0.05) is 14.2 Å². The molecule has 0 aromatic rings. The fourth-order valence-corrected chi connectivity index (χ4v) is 0.461. The zero-order chi connectivity index (χ0) is 7.66. The van der Waals surface area contributed by atoms with E-state index in [2.05, 4.69) is 0 Å². The summed E-state index contributed by atoms with van der Waals surface area (Å²) in [7, 11) is 3.34. The summed E-state index contributed by atoms with van der Waals surface area (Å²) in [5, 5.41) is 0. The molecule has 0 aliphatic heterocycles. The molecule has 0 aromatic heterocycles. The molecule has 0 aliphatic carbocycles. The second-order valence-corrected chi connectivity index (χ2v) is 1.77. The van der Waals surface area contributed by atoms with Crippen LogP contribution in [0.15, 0.2) is 24.3 Å². The van der Waals surface area contributed by atoms with Crippen LogP contribution in [0, 0.1) is 0 Å².